The third kappa shape index (κ3) is 4.18. The first-order valence-corrected chi connectivity index (χ1v) is 5.84. The van der Waals surface area contributed by atoms with Crippen LogP contribution in [0.4, 0.5) is 0 Å². The van der Waals surface area contributed by atoms with Gasteiger partial charge in [-0.15, -0.1) is 0 Å². The normalized spacial score (nSPS) is 11.9. The summed E-state index contributed by atoms with van der Waals surface area (Å²) in [5.41, 5.74) is 6.80. The van der Waals surface area contributed by atoms with E-state index in [4.69, 9.17) is 10.8 Å². The summed E-state index contributed by atoms with van der Waals surface area (Å²) in [6.45, 7) is 1.83. The zero-order valence-corrected chi connectivity index (χ0v) is 10.4. The van der Waals surface area contributed by atoms with Gasteiger partial charge in [0.15, 0.2) is 0 Å². The lowest BCUT2D eigenvalue weighted by atomic mass is 10.0. The topological polar surface area (TPSA) is 83.6 Å². The average Bonchev–Trinajstić information content (AvgIpc) is 2.36. The van der Waals surface area contributed by atoms with Crippen molar-refractivity contribution in [2.24, 2.45) is 5.73 Å². The fraction of sp³-hybridized carbons (Fsp3) is 0.385. The lowest BCUT2D eigenvalue weighted by Crippen LogP contribution is -2.37. The van der Waals surface area contributed by atoms with Crippen LogP contribution in [-0.2, 0) is 9.59 Å². The minimum absolute atomic E-state index is 0.116. The Morgan fingerprint density at radius 3 is 2.44 bits per heavy atom. The number of nitrogens with two attached hydrogens (primary N) is 1. The van der Waals surface area contributed by atoms with Gasteiger partial charge in [-0.3, -0.25) is 9.59 Å². The molecule has 0 saturated carbocycles. The van der Waals surface area contributed by atoms with E-state index in [2.05, 4.69) is 0 Å². The highest BCUT2D eigenvalue weighted by Crippen LogP contribution is 2.14. The van der Waals surface area contributed by atoms with Crippen molar-refractivity contribution in [2.75, 3.05) is 13.1 Å². The van der Waals surface area contributed by atoms with E-state index in [9.17, 15) is 9.59 Å². The van der Waals surface area contributed by atoms with Crippen LogP contribution in [0.1, 0.15) is 24.9 Å². The van der Waals surface area contributed by atoms with Gasteiger partial charge in [0, 0.05) is 19.0 Å². The lowest BCUT2D eigenvalue weighted by molar-refractivity contribution is -0.144. The van der Waals surface area contributed by atoms with E-state index in [-0.39, 0.29) is 18.9 Å². The van der Waals surface area contributed by atoms with Gasteiger partial charge in [0.05, 0.1) is 0 Å². The summed E-state index contributed by atoms with van der Waals surface area (Å²) in [7, 11) is 0. The molecule has 1 unspecified atom stereocenters. The molecule has 98 valence electrons. The molecule has 0 bridgehead atoms. The molecular formula is C13H18N2O3. The molecule has 0 aliphatic heterocycles. The Bertz CT molecular complexity index is 406. The Morgan fingerprint density at radius 1 is 1.33 bits per heavy atom. The predicted molar refractivity (Wildman–Crippen MR) is 67.9 cm³/mol. The molecule has 0 radical (unpaired) electrons. The first-order chi connectivity index (χ1) is 8.54. The van der Waals surface area contributed by atoms with Gasteiger partial charge >= 0.3 is 5.97 Å². The number of carboxylic acids is 1. The molecule has 1 atom stereocenters. The van der Waals surface area contributed by atoms with Crippen molar-refractivity contribution in [3.8, 4) is 0 Å². The molecule has 1 aromatic carbocycles. The quantitative estimate of drug-likeness (QED) is 0.789. The summed E-state index contributed by atoms with van der Waals surface area (Å²) in [5, 5.41) is 8.69. The maximum Gasteiger partial charge on any atom is 0.323 e. The van der Waals surface area contributed by atoms with E-state index in [0.29, 0.717) is 6.54 Å². The van der Waals surface area contributed by atoms with Crippen molar-refractivity contribution in [3.63, 3.8) is 0 Å². The fourth-order valence-electron chi connectivity index (χ4n) is 1.67. The Balaban J connectivity index is 2.60. The maximum atomic E-state index is 11.9. The molecule has 1 rings (SSSR count). The molecular weight excluding hydrogens is 232 g/mol. The minimum Gasteiger partial charge on any atom is -0.480 e. The van der Waals surface area contributed by atoms with Gasteiger partial charge in [-0.05, 0) is 12.5 Å². The number of nitrogens with zero attached hydrogens (tertiary/aromatic N) is 1. The fourth-order valence-corrected chi connectivity index (χ4v) is 1.67. The number of carbonyl (C=O) groups excluding carboxylic acids is 1. The molecule has 5 nitrogen and oxygen atoms in total. The van der Waals surface area contributed by atoms with Crippen molar-refractivity contribution in [3.05, 3.63) is 35.9 Å². The van der Waals surface area contributed by atoms with E-state index in [0.717, 1.165) is 5.56 Å². The van der Waals surface area contributed by atoms with Crippen LogP contribution in [0.25, 0.3) is 0 Å². The third-order valence-electron chi connectivity index (χ3n) is 2.68. The van der Waals surface area contributed by atoms with E-state index >= 15 is 0 Å². The number of carboxylic acid groups (broad SMARTS) is 1. The predicted octanol–water partition coefficient (Wildman–Crippen LogP) is 1.01. The molecule has 3 N–H and O–H groups in total. The van der Waals surface area contributed by atoms with Crippen LogP contribution in [0.2, 0.25) is 0 Å². The number of carbonyl (C=O) groups is 2. The third-order valence-corrected chi connectivity index (χ3v) is 2.68. The van der Waals surface area contributed by atoms with Crippen molar-refractivity contribution < 1.29 is 14.7 Å². The smallest absolute Gasteiger partial charge is 0.323 e. The average molecular weight is 250 g/mol. The summed E-state index contributed by atoms with van der Waals surface area (Å²) in [5.74, 6) is -1.25. The highest BCUT2D eigenvalue weighted by molar-refractivity contribution is 5.81. The molecule has 5 heteroatoms. The van der Waals surface area contributed by atoms with E-state index < -0.39 is 12.0 Å². The van der Waals surface area contributed by atoms with Gasteiger partial charge in [0.1, 0.15) is 6.54 Å². The van der Waals surface area contributed by atoms with Crippen molar-refractivity contribution in [2.45, 2.75) is 19.4 Å². The second-order valence-corrected chi connectivity index (χ2v) is 4.02. The molecule has 1 aromatic rings. The number of likely N-dealkylation sites (N-methyl/N-ethyl adjacent to an activating group) is 1. The summed E-state index contributed by atoms with van der Waals surface area (Å²) in [4.78, 5) is 23.8. The summed E-state index contributed by atoms with van der Waals surface area (Å²) in [6.07, 6.45) is 0.116. The summed E-state index contributed by atoms with van der Waals surface area (Å²) in [6, 6.07) is 8.89. The Morgan fingerprint density at radius 2 is 1.94 bits per heavy atom. The lowest BCUT2D eigenvalue weighted by Gasteiger charge is -2.20. The van der Waals surface area contributed by atoms with Crippen molar-refractivity contribution in [1.29, 1.82) is 0 Å². The largest absolute Gasteiger partial charge is 0.480 e. The van der Waals surface area contributed by atoms with Gasteiger partial charge in [-0.2, -0.15) is 0 Å². The number of amides is 1. The summed E-state index contributed by atoms with van der Waals surface area (Å²) < 4.78 is 0. The SMILES string of the molecule is CCN(CC(=O)O)C(=O)CC(N)c1ccccc1. The zero-order valence-electron chi connectivity index (χ0n) is 10.4. The first kappa shape index (κ1) is 14.2. The standard InChI is InChI=1S/C13H18N2O3/c1-2-15(9-13(17)18)12(16)8-11(14)10-6-4-3-5-7-10/h3-7,11H,2,8-9,14H2,1H3,(H,17,18). The number of hydrogen-bond acceptors (Lipinski definition) is 3. The monoisotopic (exact) mass is 250 g/mol. The molecule has 0 spiro atoms. The van der Waals surface area contributed by atoms with Crippen molar-refractivity contribution in [1.82, 2.24) is 4.90 Å². The van der Waals surface area contributed by atoms with Gasteiger partial charge in [0.25, 0.3) is 0 Å². The van der Waals surface area contributed by atoms with Crippen LogP contribution < -0.4 is 5.73 Å². The highest BCUT2D eigenvalue weighted by Gasteiger charge is 2.18. The van der Waals surface area contributed by atoms with Crippen LogP contribution in [0.15, 0.2) is 30.3 Å². The number of hydrogen-bond donors (Lipinski definition) is 2. The van der Waals surface area contributed by atoms with E-state index in [1.807, 2.05) is 30.3 Å². The number of rotatable bonds is 6. The molecule has 0 heterocycles. The second-order valence-electron chi connectivity index (χ2n) is 4.02. The number of benzene rings is 1. The molecule has 1 amide bonds. The summed E-state index contributed by atoms with van der Waals surface area (Å²) >= 11 is 0. The minimum atomic E-state index is -1.02. The van der Waals surface area contributed by atoms with E-state index in [1.165, 1.54) is 4.90 Å². The van der Waals surface area contributed by atoms with Crippen LogP contribution in [0.5, 0.6) is 0 Å². The van der Waals surface area contributed by atoms with Crippen LogP contribution in [0.3, 0.4) is 0 Å². The van der Waals surface area contributed by atoms with Gasteiger partial charge < -0.3 is 15.7 Å². The van der Waals surface area contributed by atoms with E-state index in [1.54, 1.807) is 6.92 Å². The first-order valence-electron chi connectivity index (χ1n) is 5.84. The molecule has 0 aliphatic rings. The van der Waals surface area contributed by atoms with Crippen LogP contribution in [0, 0.1) is 0 Å². The molecule has 0 aliphatic carbocycles. The Kier molecular flexibility index (Phi) is 5.32. The van der Waals surface area contributed by atoms with Crippen molar-refractivity contribution >= 4 is 11.9 Å². The van der Waals surface area contributed by atoms with Gasteiger partial charge in [0.2, 0.25) is 5.91 Å². The Labute approximate surface area is 106 Å². The zero-order chi connectivity index (χ0) is 13.5. The van der Waals surface area contributed by atoms with Gasteiger partial charge in [-0.1, -0.05) is 30.3 Å². The molecule has 0 fully saturated rings. The van der Waals surface area contributed by atoms with Crippen LogP contribution in [-0.4, -0.2) is 35.0 Å². The number of aliphatic carboxylic acids is 1. The maximum absolute atomic E-state index is 11.9. The Hall–Kier alpha value is -1.88. The molecule has 0 aromatic heterocycles. The van der Waals surface area contributed by atoms with Gasteiger partial charge in [-0.25, -0.2) is 0 Å². The highest BCUT2D eigenvalue weighted by atomic mass is 16.4. The second kappa shape index (κ2) is 6.76. The molecule has 0 saturated heterocycles. The molecule has 18 heavy (non-hydrogen) atoms. The van der Waals surface area contributed by atoms with Crippen LogP contribution >= 0.6 is 0 Å².